The molecule has 0 amide bonds. The molecule has 1 aliphatic rings. The van der Waals surface area contributed by atoms with E-state index in [2.05, 4.69) is 10.2 Å². The molecule has 3 aromatic rings. The fraction of sp³-hybridized carbons (Fsp3) is 0.333. The van der Waals surface area contributed by atoms with E-state index in [-0.39, 0.29) is 47.2 Å². The van der Waals surface area contributed by atoms with Crippen LogP contribution < -0.4 is 9.47 Å². The van der Waals surface area contributed by atoms with E-state index in [0.717, 1.165) is 6.07 Å². The van der Waals surface area contributed by atoms with Crippen molar-refractivity contribution in [3.05, 3.63) is 64.7 Å². The van der Waals surface area contributed by atoms with Gasteiger partial charge in [0.2, 0.25) is 0 Å². The van der Waals surface area contributed by atoms with Crippen molar-refractivity contribution >= 4 is 5.97 Å². The van der Waals surface area contributed by atoms with E-state index in [9.17, 15) is 23.2 Å². The first-order valence-corrected chi connectivity index (χ1v) is 10.8. The van der Waals surface area contributed by atoms with Gasteiger partial charge >= 0.3 is 12.1 Å². The molecule has 0 unspecified atom stereocenters. The summed E-state index contributed by atoms with van der Waals surface area (Å²) < 4.78 is 67.0. The number of carbonyl (C=O) groups is 1. The van der Waals surface area contributed by atoms with Crippen molar-refractivity contribution in [2.24, 2.45) is 0 Å². The molecule has 0 radical (unpaired) electrons. The first-order valence-electron chi connectivity index (χ1n) is 10.8. The summed E-state index contributed by atoms with van der Waals surface area (Å²) in [7, 11) is 2.74. The van der Waals surface area contributed by atoms with Crippen LogP contribution in [0.4, 0.5) is 13.2 Å². The standard InChI is InChI=1S/C24H21F3N4O5/c1-4-35-18(32)10-17-23-30-29-12-31(23)15-9-8-13(11-28)20(24(25,26)27)19(15)22(36-17)14-6-5-7-16(33-2)21(14)34-3/h5-9,12,17,22H,4,10H2,1-3H3/t17-,22-/m1/s1. The zero-order valence-electron chi connectivity index (χ0n) is 19.5. The Balaban J connectivity index is 2.06. The quantitative estimate of drug-likeness (QED) is 0.460. The molecule has 2 atom stereocenters. The summed E-state index contributed by atoms with van der Waals surface area (Å²) in [4.78, 5) is 12.4. The van der Waals surface area contributed by atoms with Crippen LogP contribution in [0.5, 0.6) is 11.5 Å². The Morgan fingerprint density at radius 1 is 1.22 bits per heavy atom. The normalized spacial score (nSPS) is 16.8. The molecule has 2 heterocycles. The van der Waals surface area contributed by atoms with Crippen molar-refractivity contribution in [1.82, 2.24) is 14.8 Å². The molecule has 0 fully saturated rings. The number of hydrogen-bond donors (Lipinski definition) is 0. The number of methoxy groups -OCH3 is 2. The van der Waals surface area contributed by atoms with Gasteiger partial charge in [0.25, 0.3) is 0 Å². The molecule has 12 heteroatoms. The monoisotopic (exact) mass is 502 g/mol. The number of esters is 1. The third-order valence-corrected chi connectivity index (χ3v) is 5.68. The molecule has 0 saturated heterocycles. The smallest absolute Gasteiger partial charge is 0.418 e. The largest absolute Gasteiger partial charge is 0.493 e. The SMILES string of the molecule is CCOC(=O)C[C@H]1O[C@H](c2cccc(OC)c2OC)c2c(ccc(C#N)c2C(F)(F)F)-n2cnnc21. The molecule has 0 spiro atoms. The number of nitriles is 1. The van der Waals surface area contributed by atoms with Crippen LogP contribution in [0.2, 0.25) is 0 Å². The van der Waals surface area contributed by atoms with Crippen molar-refractivity contribution < 1.29 is 36.9 Å². The van der Waals surface area contributed by atoms with Gasteiger partial charge in [-0.25, -0.2) is 0 Å². The molecule has 4 rings (SSSR count). The molecular weight excluding hydrogens is 481 g/mol. The number of ether oxygens (including phenoxy) is 4. The van der Waals surface area contributed by atoms with Crippen molar-refractivity contribution in [3.63, 3.8) is 0 Å². The Bertz CT molecular complexity index is 1330. The van der Waals surface area contributed by atoms with Gasteiger partial charge in [0, 0.05) is 11.1 Å². The second-order valence-electron chi connectivity index (χ2n) is 7.69. The van der Waals surface area contributed by atoms with Crippen LogP contribution in [0.15, 0.2) is 36.7 Å². The average molecular weight is 502 g/mol. The van der Waals surface area contributed by atoms with Crippen LogP contribution in [0.3, 0.4) is 0 Å². The molecule has 2 aromatic carbocycles. The third-order valence-electron chi connectivity index (χ3n) is 5.68. The summed E-state index contributed by atoms with van der Waals surface area (Å²) in [5.41, 5.74) is -1.86. The van der Waals surface area contributed by atoms with E-state index >= 15 is 0 Å². The zero-order chi connectivity index (χ0) is 26.0. The molecule has 0 bridgehead atoms. The van der Waals surface area contributed by atoms with Crippen LogP contribution >= 0.6 is 0 Å². The summed E-state index contributed by atoms with van der Waals surface area (Å²) in [6, 6.07) is 8.77. The van der Waals surface area contributed by atoms with Gasteiger partial charge in [0.1, 0.15) is 18.5 Å². The fourth-order valence-corrected chi connectivity index (χ4v) is 4.28. The Morgan fingerprint density at radius 3 is 2.64 bits per heavy atom. The Hall–Kier alpha value is -4.11. The van der Waals surface area contributed by atoms with Crippen molar-refractivity contribution in [2.45, 2.75) is 31.7 Å². The van der Waals surface area contributed by atoms with Gasteiger partial charge in [0.15, 0.2) is 17.3 Å². The lowest BCUT2D eigenvalue weighted by molar-refractivity contribution is -0.148. The van der Waals surface area contributed by atoms with Gasteiger partial charge < -0.3 is 18.9 Å². The van der Waals surface area contributed by atoms with E-state index in [4.69, 9.17) is 18.9 Å². The fourth-order valence-electron chi connectivity index (χ4n) is 4.28. The van der Waals surface area contributed by atoms with Gasteiger partial charge in [-0.1, -0.05) is 12.1 Å². The lowest BCUT2D eigenvalue weighted by Gasteiger charge is -2.27. The summed E-state index contributed by atoms with van der Waals surface area (Å²) >= 11 is 0. The van der Waals surface area contributed by atoms with Crippen molar-refractivity contribution in [1.29, 1.82) is 5.26 Å². The minimum absolute atomic E-state index is 0.0440. The highest BCUT2D eigenvalue weighted by Crippen LogP contribution is 2.49. The summed E-state index contributed by atoms with van der Waals surface area (Å²) in [5.74, 6) is -0.130. The van der Waals surface area contributed by atoms with Gasteiger partial charge in [-0.15, -0.1) is 10.2 Å². The summed E-state index contributed by atoms with van der Waals surface area (Å²) in [5, 5.41) is 17.4. The van der Waals surface area contributed by atoms with Crippen LogP contribution in [0.1, 0.15) is 53.6 Å². The minimum Gasteiger partial charge on any atom is -0.493 e. The molecule has 1 aliphatic heterocycles. The maximum Gasteiger partial charge on any atom is 0.418 e. The van der Waals surface area contributed by atoms with Crippen molar-refractivity contribution in [3.8, 4) is 23.3 Å². The second-order valence-corrected chi connectivity index (χ2v) is 7.69. The molecule has 36 heavy (non-hydrogen) atoms. The van der Waals surface area contributed by atoms with Crippen LogP contribution in [0.25, 0.3) is 5.69 Å². The molecule has 0 saturated carbocycles. The minimum atomic E-state index is -4.92. The lowest BCUT2D eigenvalue weighted by Crippen LogP contribution is -2.20. The van der Waals surface area contributed by atoms with Gasteiger partial charge in [-0.2, -0.15) is 18.4 Å². The summed E-state index contributed by atoms with van der Waals surface area (Å²) in [6.45, 7) is 1.74. The Kier molecular flexibility index (Phi) is 6.85. The molecule has 0 aliphatic carbocycles. The number of aromatic nitrogens is 3. The van der Waals surface area contributed by atoms with E-state index < -0.39 is 35.5 Å². The highest BCUT2D eigenvalue weighted by atomic mass is 19.4. The van der Waals surface area contributed by atoms with Crippen LogP contribution in [-0.4, -0.2) is 41.6 Å². The van der Waals surface area contributed by atoms with E-state index in [1.807, 2.05) is 0 Å². The first kappa shape index (κ1) is 25.0. The maximum absolute atomic E-state index is 14.5. The summed E-state index contributed by atoms with van der Waals surface area (Å²) in [6.07, 6.45) is -6.59. The highest BCUT2D eigenvalue weighted by Gasteiger charge is 2.44. The van der Waals surface area contributed by atoms with Crippen molar-refractivity contribution in [2.75, 3.05) is 20.8 Å². The topological polar surface area (TPSA) is 108 Å². The lowest BCUT2D eigenvalue weighted by atomic mass is 9.90. The van der Waals surface area contributed by atoms with E-state index in [1.54, 1.807) is 25.1 Å². The maximum atomic E-state index is 14.5. The highest BCUT2D eigenvalue weighted by molar-refractivity contribution is 5.70. The van der Waals surface area contributed by atoms with Crippen LogP contribution in [-0.2, 0) is 20.4 Å². The van der Waals surface area contributed by atoms with E-state index in [0.29, 0.717) is 0 Å². The number of benzene rings is 2. The molecule has 188 valence electrons. The number of nitrogens with zero attached hydrogens (tertiary/aromatic N) is 4. The number of rotatable bonds is 6. The number of carbonyl (C=O) groups excluding carboxylic acids is 1. The van der Waals surface area contributed by atoms with Gasteiger partial charge in [0.05, 0.1) is 50.1 Å². The van der Waals surface area contributed by atoms with E-state index in [1.165, 1.54) is 37.2 Å². The van der Waals surface area contributed by atoms with Crippen LogP contribution in [0, 0.1) is 11.3 Å². The number of fused-ring (bicyclic) bond motifs is 3. The second kappa shape index (κ2) is 9.87. The average Bonchev–Trinajstić information content (AvgIpc) is 3.30. The molecule has 1 aromatic heterocycles. The van der Waals surface area contributed by atoms with Gasteiger partial charge in [-0.3, -0.25) is 9.36 Å². The zero-order valence-corrected chi connectivity index (χ0v) is 19.5. The number of para-hydroxylation sites is 1. The number of alkyl halides is 3. The molecule has 9 nitrogen and oxygen atoms in total. The predicted octanol–water partition coefficient (Wildman–Crippen LogP) is 4.29. The number of halogens is 3. The predicted molar refractivity (Wildman–Crippen MR) is 118 cm³/mol. The van der Waals surface area contributed by atoms with Gasteiger partial charge in [-0.05, 0) is 25.1 Å². The molecule has 0 N–H and O–H groups in total. The Labute approximate surface area is 204 Å². The third kappa shape index (κ3) is 4.33. The molecular formula is C24H21F3N4O5. The Morgan fingerprint density at radius 2 is 2.00 bits per heavy atom. The number of hydrogen-bond acceptors (Lipinski definition) is 8. The first-order chi connectivity index (χ1) is 17.2.